The molecule has 1 N–H and O–H groups in total. The van der Waals surface area contributed by atoms with E-state index in [-0.39, 0.29) is 5.91 Å². The number of rotatable bonds is 5. The number of carbonyl (C=O) groups is 1. The molecule has 1 amide bonds. The number of amides is 1. The van der Waals surface area contributed by atoms with E-state index in [9.17, 15) is 4.79 Å². The summed E-state index contributed by atoms with van der Waals surface area (Å²) in [7, 11) is 0. The summed E-state index contributed by atoms with van der Waals surface area (Å²) in [6, 6.07) is 16.8. The molecule has 24 heavy (non-hydrogen) atoms. The number of nitrogens with one attached hydrogen (secondary N) is 1. The Morgan fingerprint density at radius 3 is 2.75 bits per heavy atom. The van der Waals surface area contributed by atoms with Crippen LogP contribution in [0.2, 0.25) is 5.02 Å². The summed E-state index contributed by atoms with van der Waals surface area (Å²) in [5.41, 5.74) is 1.84. The minimum absolute atomic E-state index is 0.260. The van der Waals surface area contributed by atoms with Crippen LogP contribution in [0.25, 0.3) is 11.3 Å². The zero-order valence-corrected chi connectivity index (χ0v) is 14.5. The highest BCUT2D eigenvalue weighted by atomic mass is 35.5. The Morgan fingerprint density at radius 1 is 1.21 bits per heavy atom. The van der Waals surface area contributed by atoms with Gasteiger partial charge in [-0.15, -0.1) is 11.3 Å². The number of thiazole rings is 1. The molecule has 0 saturated carbocycles. The number of hydrogen-bond acceptors (Lipinski definition) is 4. The van der Waals surface area contributed by atoms with Gasteiger partial charge in [0.05, 0.1) is 5.69 Å². The van der Waals surface area contributed by atoms with Crippen LogP contribution in [0.5, 0.6) is 5.75 Å². The van der Waals surface area contributed by atoms with Crippen molar-refractivity contribution < 1.29 is 9.53 Å². The van der Waals surface area contributed by atoms with E-state index >= 15 is 0 Å². The first-order chi connectivity index (χ1) is 11.6. The van der Waals surface area contributed by atoms with Crippen molar-refractivity contribution in [3.05, 3.63) is 65.0 Å². The first kappa shape index (κ1) is 16.5. The van der Waals surface area contributed by atoms with Crippen molar-refractivity contribution in [1.29, 1.82) is 0 Å². The van der Waals surface area contributed by atoms with Gasteiger partial charge >= 0.3 is 0 Å². The topological polar surface area (TPSA) is 51.2 Å². The highest BCUT2D eigenvalue weighted by Gasteiger charge is 2.16. The first-order valence-corrected chi connectivity index (χ1v) is 8.61. The molecule has 1 aromatic heterocycles. The van der Waals surface area contributed by atoms with E-state index < -0.39 is 6.10 Å². The highest BCUT2D eigenvalue weighted by molar-refractivity contribution is 7.14. The molecule has 0 aliphatic rings. The molecular formula is C18H15ClN2O2S. The third-order valence-electron chi connectivity index (χ3n) is 3.28. The van der Waals surface area contributed by atoms with Gasteiger partial charge in [-0.1, -0.05) is 48.0 Å². The largest absolute Gasteiger partial charge is 0.481 e. The molecule has 0 spiro atoms. The summed E-state index contributed by atoms with van der Waals surface area (Å²) in [5.74, 6) is 0.290. The Kier molecular flexibility index (Phi) is 5.13. The van der Waals surface area contributed by atoms with E-state index in [1.54, 1.807) is 31.2 Å². The molecular weight excluding hydrogens is 344 g/mol. The van der Waals surface area contributed by atoms with Crippen LogP contribution in [-0.4, -0.2) is 17.0 Å². The lowest BCUT2D eigenvalue weighted by Gasteiger charge is -2.13. The molecule has 1 heterocycles. The molecule has 0 bridgehead atoms. The third kappa shape index (κ3) is 4.13. The first-order valence-electron chi connectivity index (χ1n) is 7.36. The molecule has 1 unspecified atom stereocenters. The number of nitrogens with zero attached hydrogens (tertiary/aromatic N) is 1. The number of anilines is 1. The molecule has 0 aliphatic carbocycles. The van der Waals surface area contributed by atoms with E-state index in [0.717, 1.165) is 11.3 Å². The van der Waals surface area contributed by atoms with Crippen molar-refractivity contribution in [3.63, 3.8) is 0 Å². The van der Waals surface area contributed by atoms with Gasteiger partial charge in [-0.2, -0.15) is 0 Å². The van der Waals surface area contributed by atoms with Crippen molar-refractivity contribution in [1.82, 2.24) is 4.98 Å². The standard InChI is InChI=1S/C18H15ClN2O2S/c1-12(23-15-9-5-8-14(19)10-15)17(22)21-18-20-16(11-24-18)13-6-3-2-4-7-13/h2-12H,1H3,(H,20,21,22). The molecule has 0 radical (unpaired) electrons. The second kappa shape index (κ2) is 7.47. The molecule has 122 valence electrons. The average Bonchev–Trinajstić information content (AvgIpc) is 3.04. The summed E-state index contributed by atoms with van der Waals surface area (Å²) in [6.45, 7) is 1.68. The van der Waals surface area contributed by atoms with Crippen molar-refractivity contribution in [2.75, 3.05) is 5.32 Å². The predicted molar refractivity (Wildman–Crippen MR) is 97.7 cm³/mol. The molecule has 0 fully saturated rings. The zero-order valence-electron chi connectivity index (χ0n) is 12.9. The second-order valence-corrected chi connectivity index (χ2v) is 6.41. The maximum Gasteiger partial charge on any atom is 0.266 e. The van der Waals surface area contributed by atoms with Crippen LogP contribution in [0.4, 0.5) is 5.13 Å². The molecule has 3 rings (SSSR count). The van der Waals surface area contributed by atoms with Gasteiger partial charge in [0.25, 0.3) is 5.91 Å². The molecule has 0 saturated heterocycles. The third-order valence-corrected chi connectivity index (χ3v) is 4.27. The number of carbonyl (C=O) groups excluding carboxylic acids is 1. The molecule has 4 nitrogen and oxygen atoms in total. The lowest BCUT2D eigenvalue weighted by Crippen LogP contribution is -2.30. The van der Waals surface area contributed by atoms with Crippen molar-refractivity contribution in [2.45, 2.75) is 13.0 Å². The Hall–Kier alpha value is -2.37. The second-order valence-electron chi connectivity index (χ2n) is 5.11. The van der Waals surface area contributed by atoms with Crippen molar-refractivity contribution in [2.24, 2.45) is 0 Å². The molecule has 6 heteroatoms. The predicted octanol–water partition coefficient (Wildman–Crippen LogP) is 4.87. The lowest BCUT2D eigenvalue weighted by molar-refractivity contribution is -0.122. The summed E-state index contributed by atoms with van der Waals surface area (Å²) in [5, 5.41) is 5.79. The van der Waals surface area contributed by atoms with Crippen molar-refractivity contribution in [3.8, 4) is 17.0 Å². The van der Waals surface area contributed by atoms with Gasteiger partial charge in [0.15, 0.2) is 11.2 Å². The van der Waals surface area contributed by atoms with Crippen LogP contribution in [0.1, 0.15) is 6.92 Å². The van der Waals surface area contributed by atoms with Gasteiger partial charge in [0.2, 0.25) is 0 Å². The van der Waals surface area contributed by atoms with E-state index in [2.05, 4.69) is 10.3 Å². The van der Waals surface area contributed by atoms with Gasteiger partial charge < -0.3 is 4.74 Å². The zero-order chi connectivity index (χ0) is 16.9. The number of benzene rings is 2. The van der Waals surface area contributed by atoms with Crippen LogP contribution < -0.4 is 10.1 Å². The van der Waals surface area contributed by atoms with Crippen LogP contribution in [0, 0.1) is 0 Å². The van der Waals surface area contributed by atoms with Crippen LogP contribution in [0.3, 0.4) is 0 Å². The summed E-state index contributed by atoms with van der Waals surface area (Å²) < 4.78 is 5.60. The lowest BCUT2D eigenvalue weighted by atomic mass is 10.2. The van der Waals surface area contributed by atoms with E-state index in [0.29, 0.717) is 15.9 Å². The number of ether oxygens (including phenoxy) is 1. The van der Waals surface area contributed by atoms with Crippen LogP contribution in [-0.2, 0) is 4.79 Å². The fourth-order valence-corrected chi connectivity index (χ4v) is 2.98. The fraction of sp³-hybridized carbons (Fsp3) is 0.111. The highest BCUT2D eigenvalue weighted by Crippen LogP contribution is 2.25. The van der Waals surface area contributed by atoms with Gasteiger partial charge in [-0.25, -0.2) is 4.98 Å². The van der Waals surface area contributed by atoms with Gasteiger partial charge in [-0.05, 0) is 25.1 Å². The number of hydrogen-bond donors (Lipinski definition) is 1. The average molecular weight is 359 g/mol. The summed E-state index contributed by atoms with van der Waals surface area (Å²) >= 11 is 7.29. The van der Waals surface area contributed by atoms with Crippen LogP contribution >= 0.6 is 22.9 Å². The Morgan fingerprint density at radius 2 is 2.00 bits per heavy atom. The SMILES string of the molecule is CC(Oc1cccc(Cl)c1)C(=O)Nc1nc(-c2ccccc2)cs1. The monoisotopic (exact) mass is 358 g/mol. The Balaban J connectivity index is 1.63. The summed E-state index contributed by atoms with van der Waals surface area (Å²) in [4.78, 5) is 16.7. The maximum atomic E-state index is 12.2. The molecule has 2 aromatic carbocycles. The van der Waals surface area contributed by atoms with E-state index in [4.69, 9.17) is 16.3 Å². The summed E-state index contributed by atoms with van der Waals surface area (Å²) in [6.07, 6.45) is -0.660. The van der Waals surface area contributed by atoms with Gasteiger partial charge in [-0.3, -0.25) is 10.1 Å². The minimum Gasteiger partial charge on any atom is -0.481 e. The number of halogens is 1. The fourth-order valence-electron chi connectivity index (χ4n) is 2.08. The quantitative estimate of drug-likeness (QED) is 0.707. The Labute approximate surface area is 149 Å². The maximum absolute atomic E-state index is 12.2. The molecule has 3 aromatic rings. The van der Waals surface area contributed by atoms with Crippen LogP contribution in [0.15, 0.2) is 60.0 Å². The number of aromatic nitrogens is 1. The van der Waals surface area contributed by atoms with E-state index in [1.165, 1.54) is 11.3 Å². The molecule has 0 aliphatic heterocycles. The molecule has 1 atom stereocenters. The smallest absolute Gasteiger partial charge is 0.266 e. The van der Waals surface area contributed by atoms with E-state index in [1.807, 2.05) is 35.7 Å². The normalized spacial score (nSPS) is 11.8. The van der Waals surface area contributed by atoms with Gasteiger partial charge in [0.1, 0.15) is 5.75 Å². The Bertz CT molecular complexity index is 836. The van der Waals surface area contributed by atoms with Crippen molar-refractivity contribution >= 4 is 34.0 Å². The minimum atomic E-state index is -0.660. The van der Waals surface area contributed by atoms with Gasteiger partial charge in [0, 0.05) is 16.0 Å².